The van der Waals surface area contributed by atoms with Gasteiger partial charge in [-0.1, -0.05) is 30.3 Å². The van der Waals surface area contributed by atoms with Gasteiger partial charge in [0.05, 0.1) is 17.5 Å². The second-order valence-electron chi connectivity index (χ2n) is 8.12. The zero-order valence-electron chi connectivity index (χ0n) is 18.6. The van der Waals surface area contributed by atoms with Gasteiger partial charge in [0.1, 0.15) is 10.9 Å². The molecule has 0 aliphatic heterocycles. The summed E-state index contributed by atoms with van der Waals surface area (Å²) in [6.07, 6.45) is 2.72. The van der Waals surface area contributed by atoms with E-state index in [1.165, 1.54) is 12.1 Å². The number of fused-ring (bicyclic) bond motifs is 1. The summed E-state index contributed by atoms with van der Waals surface area (Å²) in [6, 6.07) is 19.6. The summed E-state index contributed by atoms with van der Waals surface area (Å²) in [5.41, 5.74) is 4.47. The van der Waals surface area contributed by atoms with Crippen molar-refractivity contribution in [2.75, 3.05) is 5.32 Å². The average Bonchev–Trinajstić information content (AvgIpc) is 3.32. The average molecular weight is 505 g/mol. The number of benzene rings is 2. The van der Waals surface area contributed by atoms with Gasteiger partial charge in [-0.3, -0.25) is 14.2 Å². The number of rotatable bonds is 5. The second kappa shape index (κ2) is 9.50. The highest BCUT2D eigenvalue weighted by molar-refractivity contribution is 7.81. The van der Waals surface area contributed by atoms with Crippen molar-refractivity contribution in [3.8, 4) is 22.4 Å². The molecule has 1 unspecified atom stereocenters. The molecule has 5 rings (SSSR count). The number of carbonyl (C=O) groups excluding carboxylic acids is 1. The predicted octanol–water partition coefficient (Wildman–Crippen LogP) is 6.69. The molecule has 3 heterocycles. The molecule has 2 aromatic carbocycles. The number of thiol groups is 1. The number of amides is 1. The number of imidazole rings is 1. The van der Waals surface area contributed by atoms with E-state index in [9.17, 15) is 18.0 Å². The van der Waals surface area contributed by atoms with Gasteiger partial charge in [0.15, 0.2) is 0 Å². The first-order valence-corrected chi connectivity index (χ1v) is 11.5. The van der Waals surface area contributed by atoms with E-state index < -0.39 is 22.9 Å². The number of aromatic nitrogens is 3. The van der Waals surface area contributed by atoms with Gasteiger partial charge >= 0.3 is 6.18 Å². The van der Waals surface area contributed by atoms with Crippen LogP contribution in [-0.2, 0) is 11.0 Å². The van der Waals surface area contributed by atoms with Crippen LogP contribution in [0.2, 0.25) is 0 Å². The fourth-order valence-electron chi connectivity index (χ4n) is 3.89. The molecule has 1 amide bonds. The Morgan fingerprint density at radius 1 is 0.917 bits per heavy atom. The highest BCUT2D eigenvalue weighted by Gasteiger charge is 2.30. The third-order valence-electron chi connectivity index (χ3n) is 5.75. The summed E-state index contributed by atoms with van der Waals surface area (Å²) in [6.45, 7) is 0. The van der Waals surface area contributed by atoms with E-state index in [1.807, 2.05) is 47.0 Å². The minimum atomic E-state index is -4.49. The van der Waals surface area contributed by atoms with E-state index in [1.54, 1.807) is 30.7 Å². The molecule has 0 fully saturated rings. The van der Waals surface area contributed by atoms with Crippen molar-refractivity contribution < 1.29 is 18.0 Å². The van der Waals surface area contributed by atoms with Crippen LogP contribution in [0.25, 0.3) is 28.0 Å². The summed E-state index contributed by atoms with van der Waals surface area (Å²) in [7, 11) is 0. The lowest BCUT2D eigenvalue weighted by Crippen LogP contribution is -2.18. The number of anilines is 1. The fraction of sp³-hybridized carbons (Fsp3) is 0.0741. The molecule has 5 nitrogen and oxygen atoms in total. The predicted molar refractivity (Wildman–Crippen MR) is 136 cm³/mol. The lowest BCUT2D eigenvalue weighted by atomic mass is 10.1. The molecule has 0 spiro atoms. The monoisotopic (exact) mass is 504 g/mol. The van der Waals surface area contributed by atoms with Crippen LogP contribution in [-0.4, -0.2) is 20.3 Å². The molecule has 1 N–H and O–H groups in total. The van der Waals surface area contributed by atoms with Gasteiger partial charge in [-0.05, 0) is 59.2 Å². The number of hydrogen-bond donors (Lipinski definition) is 2. The van der Waals surface area contributed by atoms with Gasteiger partial charge in [-0.2, -0.15) is 25.8 Å². The van der Waals surface area contributed by atoms with Gasteiger partial charge in [-0.15, -0.1) is 0 Å². The Labute approximate surface area is 210 Å². The number of alkyl halides is 3. The maximum absolute atomic E-state index is 12.9. The molecule has 0 saturated carbocycles. The Kier molecular flexibility index (Phi) is 6.24. The van der Waals surface area contributed by atoms with Crippen molar-refractivity contribution in [3.05, 3.63) is 109 Å². The van der Waals surface area contributed by atoms with Crippen LogP contribution in [0.15, 0.2) is 97.6 Å². The van der Waals surface area contributed by atoms with E-state index in [0.717, 1.165) is 40.2 Å². The van der Waals surface area contributed by atoms with Crippen LogP contribution in [0, 0.1) is 0 Å². The van der Waals surface area contributed by atoms with Gasteiger partial charge in [0.2, 0.25) is 5.91 Å². The summed E-state index contributed by atoms with van der Waals surface area (Å²) in [5, 5.41) is 1.64. The number of hydrogen-bond acceptors (Lipinski definition) is 4. The zero-order valence-corrected chi connectivity index (χ0v) is 19.5. The standard InChI is InChI=1S/C27H19F3N4OS/c28-27(29,30)21-2-1-3-22(15-21)33-26(35)25(36)19-6-4-18(5-7-19)23-16-32-24-14-20(10-13-34(23)24)17-8-11-31-12-9-17/h1-16,25,36H,(H,33,35). The van der Waals surface area contributed by atoms with Crippen molar-refractivity contribution in [1.29, 1.82) is 0 Å². The molecule has 0 bridgehead atoms. The Hall–Kier alpha value is -4.11. The number of halogens is 3. The molecule has 5 aromatic rings. The smallest absolute Gasteiger partial charge is 0.325 e. The van der Waals surface area contributed by atoms with E-state index in [-0.39, 0.29) is 5.69 Å². The van der Waals surface area contributed by atoms with Gasteiger partial charge in [-0.25, -0.2) is 4.98 Å². The SMILES string of the molecule is O=C(Nc1cccc(C(F)(F)F)c1)C(S)c1ccc(-c2cnc3cc(-c4ccncc4)ccn23)cc1. The third-order valence-corrected chi connectivity index (χ3v) is 6.29. The molecule has 36 heavy (non-hydrogen) atoms. The first-order chi connectivity index (χ1) is 17.3. The summed E-state index contributed by atoms with van der Waals surface area (Å²) in [5.74, 6) is -0.524. The fourth-order valence-corrected chi connectivity index (χ4v) is 4.13. The second-order valence-corrected chi connectivity index (χ2v) is 8.63. The van der Waals surface area contributed by atoms with E-state index in [0.29, 0.717) is 5.56 Å². The van der Waals surface area contributed by atoms with Crippen LogP contribution in [0.3, 0.4) is 0 Å². The molecule has 0 aliphatic rings. The maximum Gasteiger partial charge on any atom is 0.416 e. The molecule has 0 aliphatic carbocycles. The summed E-state index contributed by atoms with van der Waals surface area (Å²) >= 11 is 4.39. The van der Waals surface area contributed by atoms with Crippen LogP contribution in [0.1, 0.15) is 16.4 Å². The van der Waals surface area contributed by atoms with Gasteiger partial charge < -0.3 is 5.32 Å². The normalized spacial score (nSPS) is 12.4. The van der Waals surface area contributed by atoms with Crippen LogP contribution < -0.4 is 5.32 Å². The van der Waals surface area contributed by atoms with Crippen LogP contribution in [0.5, 0.6) is 0 Å². The molecule has 3 aromatic heterocycles. The first kappa shape index (κ1) is 23.6. The highest BCUT2D eigenvalue weighted by atomic mass is 32.1. The van der Waals surface area contributed by atoms with Crippen molar-refractivity contribution in [2.24, 2.45) is 0 Å². The maximum atomic E-state index is 12.9. The van der Waals surface area contributed by atoms with Gasteiger partial charge in [0.25, 0.3) is 0 Å². The highest BCUT2D eigenvalue weighted by Crippen LogP contribution is 2.32. The molecule has 0 saturated heterocycles. The van der Waals surface area contributed by atoms with Crippen molar-refractivity contribution in [1.82, 2.24) is 14.4 Å². The van der Waals surface area contributed by atoms with E-state index in [2.05, 4.69) is 27.9 Å². The Morgan fingerprint density at radius 3 is 2.39 bits per heavy atom. The first-order valence-electron chi connectivity index (χ1n) is 10.9. The Balaban J connectivity index is 1.33. The van der Waals surface area contributed by atoms with Crippen LogP contribution in [0.4, 0.5) is 18.9 Å². The lowest BCUT2D eigenvalue weighted by molar-refractivity contribution is -0.137. The lowest BCUT2D eigenvalue weighted by Gasteiger charge is -2.14. The van der Waals surface area contributed by atoms with Crippen molar-refractivity contribution in [2.45, 2.75) is 11.4 Å². The molecule has 180 valence electrons. The van der Waals surface area contributed by atoms with Gasteiger partial charge in [0, 0.05) is 29.8 Å². The minimum absolute atomic E-state index is 0.0577. The van der Waals surface area contributed by atoms with Crippen molar-refractivity contribution >= 4 is 29.9 Å². The summed E-state index contributed by atoms with van der Waals surface area (Å²) in [4.78, 5) is 21.2. The van der Waals surface area contributed by atoms with E-state index >= 15 is 0 Å². The van der Waals surface area contributed by atoms with Crippen molar-refractivity contribution in [3.63, 3.8) is 0 Å². The Bertz CT molecular complexity index is 1530. The molecular formula is C27H19F3N4OS. The molecule has 0 radical (unpaired) electrons. The molecule has 9 heteroatoms. The number of pyridine rings is 2. The zero-order chi connectivity index (χ0) is 25.3. The number of carbonyl (C=O) groups is 1. The largest absolute Gasteiger partial charge is 0.416 e. The third kappa shape index (κ3) is 4.83. The quantitative estimate of drug-likeness (QED) is 0.262. The topological polar surface area (TPSA) is 59.3 Å². The molecule has 1 atom stereocenters. The number of nitrogens with one attached hydrogen (secondary N) is 1. The van der Waals surface area contributed by atoms with E-state index in [4.69, 9.17) is 0 Å². The minimum Gasteiger partial charge on any atom is -0.325 e. The summed E-state index contributed by atoms with van der Waals surface area (Å²) < 4.78 is 40.8. The van der Waals surface area contributed by atoms with Crippen LogP contribution >= 0.6 is 12.6 Å². The molecular weight excluding hydrogens is 485 g/mol. The Morgan fingerprint density at radius 2 is 1.67 bits per heavy atom. The number of nitrogens with zero attached hydrogens (tertiary/aromatic N) is 3.